The number of hydrogen-bond donors (Lipinski definition) is 2. The lowest BCUT2D eigenvalue weighted by Gasteiger charge is -2.18. The minimum absolute atomic E-state index is 0.317. The first-order valence-corrected chi connectivity index (χ1v) is 8.58. The van der Waals surface area contributed by atoms with Gasteiger partial charge in [0.15, 0.2) is 0 Å². The maximum atomic E-state index is 6.06. The number of nitrogens with two attached hydrogens (primary N) is 1. The van der Waals surface area contributed by atoms with Crippen LogP contribution in [0, 0.1) is 6.92 Å². The molecule has 1 aromatic carbocycles. The van der Waals surface area contributed by atoms with Gasteiger partial charge in [0.1, 0.15) is 5.82 Å². The lowest BCUT2D eigenvalue weighted by atomic mass is 9.98. The van der Waals surface area contributed by atoms with Gasteiger partial charge in [0.05, 0.1) is 5.56 Å². The fourth-order valence-corrected chi connectivity index (χ4v) is 3.13. The molecule has 1 aliphatic heterocycles. The number of aryl methyl sites for hydroxylation is 1. The molecule has 0 amide bonds. The predicted molar refractivity (Wildman–Crippen MR) is 97.0 cm³/mol. The highest BCUT2D eigenvalue weighted by molar-refractivity contribution is 5.75. The number of pyridine rings is 1. The Morgan fingerprint density at radius 3 is 2.60 bits per heavy atom. The van der Waals surface area contributed by atoms with E-state index in [1.54, 1.807) is 6.20 Å². The van der Waals surface area contributed by atoms with Gasteiger partial charge in [0, 0.05) is 17.7 Å². The Morgan fingerprint density at radius 2 is 1.84 bits per heavy atom. The first-order valence-electron chi connectivity index (χ1n) is 8.58. The number of anilines is 1. The van der Waals surface area contributed by atoms with E-state index in [9.17, 15) is 0 Å². The van der Waals surface area contributed by atoms with E-state index in [-0.39, 0.29) is 0 Å². The van der Waals surface area contributed by atoms with E-state index in [1.807, 2.05) is 6.07 Å². The van der Waals surface area contributed by atoms with Crippen LogP contribution in [0.3, 0.4) is 0 Å². The van der Waals surface area contributed by atoms with Crippen LogP contribution < -0.4 is 11.1 Å². The summed E-state index contributed by atoms with van der Waals surface area (Å²) < 4.78 is 5.93. The molecule has 6 nitrogen and oxygen atoms in total. The molecule has 1 saturated heterocycles. The lowest BCUT2D eigenvalue weighted by molar-refractivity contribution is 0.378. The van der Waals surface area contributed by atoms with Crippen LogP contribution in [-0.4, -0.2) is 28.3 Å². The maximum absolute atomic E-state index is 6.06. The van der Waals surface area contributed by atoms with E-state index in [0.29, 0.717) is 29.1 Å². The highest BCUT2D eigenvalue weighted by Gasteiger charge is 2.22. The van der Waals surface area contributed by atoms with Crippen LogP contribution in [0.5, 0.6) is 0 Å². The summed E-state index contributed by atoms with van der Waals surface area (Å²) in [5, 5.41) is 11.8. The van der Waals surface area contributed by atoms with Gasteiger partial charge in [-0.1, -0.05) is 29.8 Å². The third-order valence-electron chi connectivity index (χ3n) is 4.66. The van der Waals surface area contributed by atoms with Gasteiger partial charge >= 0.3 is 0 Å². The summed E-state index contributed by atoms with van der Waals surface area (Å²) in [6.45, 7) is 4.03. The number of piperidine rings is 1. The van der Waals surface area contributed by atoms with Gasteiger partial charge in [0.2, 0.25) is 5.89 Å². The first-order chi connectivity index (χ1) is 12.2. The zero-order valence-corrected chi connectivity index (χ0v) is 14.2. The van der Waals surface area contributed by atoms with Gasteiger partial charge in [-0.25, -0.2) is 4.98 Å². The van der Waals surface area contributed by atoms with E-state index in [0.717, 1.165) is 37.1 Å². The second kappa shape index (κ2) is 6.64. The van der Waals surface area contributed by atoms with Crippen LogP contribution in [0.15, 0.2) is 40.9 Å². The molecule has 0 aliphatic carbocycles. The van der Waals surface area contributed by atoms with Crippen LogP contribution >= 0.6 is 0 Å². The molecule has 1 aliphatic rings. The summed E-state index contributed by atoms with van der Waals surface area (Å²) in [6, 6.07) is 10.3. The fourth-order valence-electron chi connectivity index (χ4n) is 3.13. The Labute approximate surface area is 146 Å². The van der Waals surface area contributed by atoms with E-state index in [1.165, 1.54) is 5.56 Å². The Bertz CT molecular complexity index is 866. The Hall–Kier alpha value is -2.73. The molecule has 0 spiro atoms. The van der Waals surface area contributed by atoms with Crippen LogP contribution in [0.1, 0.15) is 30.2 Å². The summed E-state index contributed by atoms with van der Waals surface area (Å²) in [6.07, 6.45) is 3.80. The molecule has 3 N–H and O–H groups in total. The molecule has 3 heterocycles. The van der Waals surface area contributed by atoms with Gasteiger partial charge in [-0.2, -0.15) is 0 Å². The smallest absolute Gasteiger partial charge is 0.251 e. The fraction of sp³-hybridized carbons (Fsp3) is 0.316. The number of hydrogen-bond acceptors (Lipinski definition) is 6. The van der Waals surface area contributed by atoms with Crippen molar-refractivity contribution in [1.29, 1.82) is 0 Å². The molecule has 6 heteroatoms. The zero-order chi connectivity index (χ0) is 17.2. The number of nitrogens with one attached hydrogen (secondary N) is 1. The number of nitrogen functional groups attached to an aromatic ring is 1. The molecule has 0 unspecified atom stereocenters. The second-order valence-electron chi connectivity index (χ2n) is 6.49. The summed E-state index contributed by atoms with van der Waals surface area (Å²) in [4.78, 5) is 4.32. The predicted octanol–water partition coefficient (Wildman–Crippen LogP) is 3.16. The second-order valence-corrected chi connectivity index (χ2v) is 6.49. The maximum Gasteiger partial charge on any atom is 0.251 e. The van der Waals surface area contributed by atoms with E-state index < -0.39 is 0 Å². The van der Waals surface area contributed by atoms with E-state index >= 15 is 0 Å². The molecule has 0 radical (unpaired) electrons. The molecule has 128 valence electrons. The molecule has 0 bridgehead atoms. The molecule has 2 aromatic heterocycles. The van der Waals surface area contributed by atoms with Gasteiger partial charge in [-0.05, 0) is 44.5 Å². The van der Waals surface area contributed by atoms with Crippen molar-refractivity contribution in [3.05, 3.63) is 48.0 Å². The minimum atomic E-state index is 0.317. The van der Waals surface area contributed by atoms with Crippen molar-refractivity contribution in [2.45, 2.75) is 25.7 Å². The largest absolute Gasteiger partial charge is 0.420 e. The van der Waals surface area contributed by atoms with Gasteiger partial charge in [-0.3, -0.25) is 0 Å². The van der Waals surface area contributed by atoms with Crippen molar-refractivity contribution >= 4 is 5.82 Å². The van der Waals surface area contributed by atoms with Crippen molar-refractivity contribution in [2.75, 3.05) is 18.8 Å². The molecular weight excluding hydrogens is 314 g/mol. The zero-order valence-electron chi connectivity index (χ0n) is 14.2. The van der Waals surface area contributed by atoms with Gasteiger partial charge < -0.3 is 15.5 Å². The molecule has 0 atom stereocenters. The van der Waals surface area contributed by atoms with Crippen LogP contribution in [0.2, 0.25) is 0 Å². The molecule has 0 saturated carbocycles. The summed E-state index contributed by atoms with van der Waals surface area (Å²) in [5.74, 6) is 1.84. The normalized spacial score (nSPS) is 15.4. The Morgan fingerprint density at radius 1 is 1.08 bits per heavy atom. The lowest BCUT2D eigenvalue weighted by Crippen LogP contribution is -2.26. The highest BCUT2D eigenvalue weighted by Crippen LogP contribution is 2.31. The number of nitrogens with zero attached hydrogens (tertiary/aromatic N) is 3. The molecule has 1 fully saturated rings. The third-order valence-corrected chi connectivity index (χ3v) is 4.66. The molecule has 3 aromatic rings. The van der Waals surface area contributed by atoms with E-state index in [2.05, 4.69) is 51.7 Å². The third kappa shape index (κ3) is 3.25. The number of rotatable bonds is 3. The average molecular weight is 335 g/mol. The SMILES string of the molecule is Cc1ccc(-c2cnc(N)c(-c3nnc(C4CCNCC4)o3)c2)cc1. The summed E-state index contributed by atoms with van der Waals surface area (Å²) >= 11 is 0. The minimum Gasteiger partial charge on any atom is -0.420 e. The molecule has 4 rings (SSSR count). The topological polar surface area (TPSA) is 89.9 Å². The van der Waals surface area contributed by atoms with Crippen LogP contribution in [0.25, 0.3) is 22.6 Å². The number of aromatic nitrogens is 3. The molecular formula is C19H21N5O. The van der Waals surface area contributed by atoms with Crippen molar-refractivity contribution in [3.8, 4) is 22.6 Å². The Kier molecular flexibility index (Phi) is 4.19. The van der Waals surface area contributed by atoms with Crippen molar-refractivity contribution < 1.29 is 4.42 Å². The number of benzene rings is 1. The van der Waals surface area contributed by atoms with Crippen molar-refractivity contribution in [2.24, 2.45) is 0 Å². The van der Waals surface area contributed by atoms with Crippen molar-refractivity contribution in [3.63, 3.8) is 0 Å². The summed E-state index contributed by atoms with van der Waals surface area (Å²) in [5.41, 5.74) is 10.0. The van der Waals surface area contributed by atoms with Gasteiger partial charge in [-0.15, -0.1) is 10.2 Å². The first kappa shape index (κ1) is 15.8. The average Bonchev–Trinajstić information content (AvgIpc) is 3.14. The molecule has 25 heavy (non-hydrogen) atoms. The monoisotopic (exact) mass is 335 g/mol. The summed E-state index contributed by atoms with van der Waals surface area (Å²) in [7, 11) is 0. The van der Waals surface area contributed by atoms with E-state index in [4.69, 9.17) is 10.2 Å². The van der Waals surface area contributed by atoms with Crippen LogP contribution in [-0.2, 0) is 0 Å². The van der Waals surface area contributed by atoms with Crippen molar-refractivity contribution in [1.82, 2.24) is 20.5 Å². The Balaban J connectivity index is 1.67. The highest BCUT2D eigenvalue weighted by atomic mass is 16.4. The standard InChI is InChI=1S/C19H21N5O/c1-12-2-4-13(5-3-12)15-10-16(17(20)22-11-15)19-24-23-18(25-19)14-6-8-21-9-7-14/h2-5,10-11,14,21H,6-9H2,1H3,(H2,20,22). The van der Waals surface area contributed by atoms with Crippen LogP contribution in [0.4, 0.5) is 5.82 Å². The quantitative estimate of drug-likeness (QED) is 0.764. The van der Waals surface area contributed by atoms with Gasteiger partial charge in [0.25, 0.3) is 5.89 Å².